The number of rotatable bonds is 4. The van der Waals surface area contributed by atoms with E-state index in [4.69, 9.17) is 9.47 Å². The zero-order chi connectivity index (χ0) is 13.8. The number of hydrogen-bond donors (Lipinski definition) is 0. The van der Waals surface area contributed by atoms with Crippen LogP contribution in [0, 0.1) is 5.82 Å². The van der Waals surface area contributed by atoms with Crippen LogP contribution in [0.2, 0.25) is 0 Å². The quantitative estimate of drug-likeness (QED) is 0.794. The lowest BCUT2D eigenvalue weighted by molar-refractivity contribution is 0.112. The molecule has 0 aliphatic carbocycles. The molecule has 0 spiro atoms. The Morgan fingerprint density at radius 3 is 2.53 bits per heavy atom. The average molecular weight is 261 g/mol. The highest BCUT2D eigenvalue weighted by molar-refractivity contribution is 5.77. The monoisotopic (exact) mass is 261 g/mol. The Morgan fingerprint density at radius 1 is 1.16 bits per heavy atom. The van der Waals surface area contributed by atoms with Crippen LogP contribution in [0.1, 0.15) is 10.4 Å². The molecular weight excluding hydrogens is 249 g/mol. The molecule has 98 valence electrons. The van der Waals surface area contributed by atoms with E-state index in [2.05, 4.69) is 4.98 Å². The third kappa shape index (κ3) is 2.54. The van der Waals surface area contributed by atoms with Gasteiger partial charge in [-0.1, -0.05) is 6.07 Å². The summed E-state index contributed by atoms with van der Waals surface area (Å²) in [6.07, 6.45) is 2.03. The number of pyridine rings is 1. The Bertz CT molecular complexity index is 614. The van der Waals surface area contributed by atoms with Crippen LogP contribution in [0.15, 0.2) is 30.5 Å². The van der Waals surface area contributed by atoms with Crippen molar-refractivity contribution < 1.29 is 18.7 Å². The number of methoxy groups -OCH3 is 2. The molecule has 0 aliphatic rings. The second-order valence-corrected chi connectivity index (χ2v) is 3.79. The second kappa shape index (κ2) is 5.48. The highest BCUT2D eigenvalue weighted by atomic mass is 19.1. The van der Waals surface area contributed by atoms with Crippen molar-refractivity contribution in [1.29, 1.82) is 0 Å². The predicted molar refractivity (Wildman–Crippen MR) is 68.1 cm³/mol. The maximum Gasteiger partial charge on any atom is 0.256 e. The van der Waals surface area contributed by atoms with E-state index < -0.39 is 5.82 Å². The van der Waals surface area contributed by atoms with Crippen LogP contribution >= 0.6 is 0 Å². The number of benzene rings is 1. The molecule has 0 unspecified atom stereocenters. The maximum atomic E-state index is 13.6. The summed E-state index contributed by atoms with van der Waals surface area (Å²) in [5.74, 6) is 0.249. The molecule has 1 aromatic carbocycles. The van der Waals surface area contributed by atoms with Crippen molar-refractivity contribution in [1.82, 2.24) is 4.98 Å². The summed E-state index contributed by atoms with van der Waals surface area (Å²) in [5.41, 5.74) is 1.31. The highest BCUT2D eigenvalue weighted by Crippen LogP contribution is 2.30. The van der Waals surface area contributed by atoms with Gasteiger partial charge in [0, 0.05) is 11.8 Å². The number of nitrogens with zero attached hydrogens (tertiary/aromatic N) is 1. The lowest BCUT2D eigenvalue weighted by atomic mass is 10.1. The van der Waals surface area contributed by atoms with E-state index in [0.29, 0.717) is 29.0 Å². The van der Waals surface area contributed by atoms with Gasteiger partial charge in [0.05, 0.1) is 19.8 Å². The number of aromatic nitrogens is 1. The highest BCUT2D eigenvalue weighted by Gasteiger charge is 2.09. The fourth-order valence-corrected chi connectivity index (χ4v) is 1.69. The topological polar surface area (TPSA) is 48.4 Å². The van der Waals surface area contributed by atoms with E-state index in [9.17, 15) is 9.18 Å². The molecule has 0 fully saturated rings. The molecule has 5 heteroatoms. The average Bonchev–Trinajstić information content (AvgIpc) is 2.46. The first-order valence-corrected chi connectivity index (χ1v) is 5.52. The maximum absolute atomic E-state index is 13.6. The van der Waals surface area contributed by atoms with Crippen LogP contribution in [-0.4, -0.2) is 25.5 Å². The van der Waals surface area contributed by atoms with Gasteiger partial charge in [0.25, 0.3) is 5.88 Å². The fourth-order valence-electron chi connectivity index (χ4n) is 1.69. The summed E-state index contributed by atoms with van der Waals surface area (Å²) in [7, 11) is 2.99. The predicted octanol–water partition coefficient (Wildman–Crippen LogP) is 2.72. The first kappa shape index (κ1) is 13.0. The summed E-state index contributed by atoms with van der Waals surface area (Å²) in [6, 6.07) is 6.05. The van der Waals surface area contributed by atoms with Crippen LogP contribution in [0.5, 0.6) is 11.6 Å². The number of hydrogen-bond acceptors (Lipinski definition) is 4. The SMILES string of the molecule is COc1cc(-c2ccc(C=O)c(F)c2)cnc1OC. The first-order valence-electron chi connectivity index (χ1n) is 5.52. The Morgan fingerprint density at radius 2 is 1.95 bits per heavy atom. The van der Waals surface area contributed by atoms with Gasteiger partial charge in [-0.05, 0) is 23.8 Å². The molecule has 0 saturated carbocycles. The summed E-state index contributed by atoms with van der Waals surface area (Å²) >= 11 is 0. The number of ether oxygens (including phenoxy) is 2. The largest absolute Gasteiger partial charge is 0.491 e. The number of carbonyl (C=O) groups is 1. The zero-order valence-electron chi connectivity index (χ0n) is 10.5. The van der Waals surface area contributed by atoms with Gasteiger partial charge in [0.15, 0.2) is 12.0 Å². The summed E-state index contributed by atoms with van der Waals surface area (Å²) < 4.78 is 23.7. The van der Waals surface area contributed by atoms with Crippen LogP contribution in [-0.2, 0) is 0 Å². The smallest absolute Gasteiger partial charge is 0.256 e. The van der Waals surface area contributed by atoms with Gasteiger partial charge in [0.1, 0.15) is 5.82 Å². The van der Waals surface area contributed by atoms with Crippen LogP contribution < -0.4 is 9.47 Å². The van der Waals surface area contributed by atoms with E-state index in [1.54, 1.807) is 18.3 Å². The van der Waals surface area contributed by atoms with Crippen molar-refractivity contribution in [2.45, 2.75) is 0 Å². The van der Waals surface area contributed by atoms with E-state index in [1.165, 1.54) is 26.4 Å². The van der Waals surface area contributed by atoms with Crippen LogP contribution in [0.3, 0.4) is 0 Å². The van der Waals surface area contributed by atoms with Gasteiger partial charge in [-0.25, -0.2) is 9.37 Å². The van der Waals surface area contributed by atoms with Crippen molar-refractivity contribution in [3.8, 4) is 22.8 Å². The van der Waals surface area contributed by atoms with Crippen LogP contribution in [0.4, 0.5) is 4.39 Å². The van der Waals surface area contributed by atoms with Crippen molar-refractivity contribution >= 4 is 6.29 Å². The molecule has 19 heavy (non-hydrogen) atoms. The van der Waals surface area contributed by atoms with Crippen molar-refractivity contribution in [3.05, 3.63) is 41.8 Å². The van der Waals surface area contributed by atoms with Crippen molar-refractivity contribution in [2.75, 3.05) is 14.2 Å². The molecular formula is C14H12FNO3. The minimum Gasteiger partial charge on any atom is -0.491 e. The molecule has 4 nitrogen and oxygen atoms in total. The molecule has 0 N–H and O–H groups in total. The molecule has 0 aliphatic heterocycles. The van der Waals surface area contributed by atoms with E-state index in [0.717, 1.165) is 0 Å². The standard InChI is InChI=1S/C14H12FNO3/c1-18-13-6-11(7-16-14(13)19-2)9-3-4-10(8-17)12(15)5-9/h3-8H,1-2H3. The summed E-state index contributed by atoms with van der Waals surface area (Å²) in [5, 5.41) is 0. The molecule has 2 rings (SSSR count). The fraction of sp³-hybridized carbons (Fsp3) is 0.143. The minimum atomic E-state index is -0.567. The molecule has 0 amide bonds. The number of aldehydes is 1. The van der Waals surface area contributed by atoms with Crippen molar-refractivity contribution in [2.24, 2.45) is 0 Å². The Balaban J connectivity index is 2.47. The van der Waals surface area contributed by atoms with E-state index >= 15 is 0 Å². The molecule has 0 saturated heterocycles. The van der Waals surface area contributed by atoms with Crippen LogP contribution in [0.25, 0.3) is 11.1 Å². The lowest BCUT2D eigenvalue weighted by Crippen LogP contribution is -1.94. The molecule has 1 heterocycles. The number of carbonyl (C=O) groups excluding carboxylic acids is 1. The van der Waals surface area contributed by atoms with Crippen molar-refractivity contribution in [3.63, 3.8) is 0 Å². The van der Waals surface area contributed by atoms with Gasteiger partial charge in [-0.15, -0.1) is 0 Å². The third-order valence-electron chi connectivity index (χ3n) is 2.69. The molecule has 1 aromatic heterocycles. The Kier molecular flexibility index (Phi) is 3.75. The zero-order valence-corrected chi connectivity index (χ0v) is 10.5. The minimum absolute atomic E-state index is 0.0252. The molecule has 2 aromatic rings. The molecule has 0 bridgehead atoms. The number of halogens is 1. The van der Waals surface area contributed by atoms with E-state index in [-0.39, 0.29) is 5.56 Å². The lowest BCUT2D eigenvalue weighted by Gasteiger charge is -2.09. The third-order valence-corrected chi connectivity index (χ3v) is 2.69. The molecule has 0 radical (unpaired) electrons. The Labute approximate surface area is 109 Å². The van der Waals surface area contributed by atoms with Gasteiger partial charge < -0.3 is 9.47 Å². The van der Waals surface area contributed by atoms with E-state index in [1.807, 2.05) is 0 Å². The van der Waals surface area contributed by atoms with Gasteiger partial charge in [-0.2, -0.15) is 0 Å². The Hall–Kier alpha value is -2.43. The first-order chi connectivity index (χ1) is 9.19. The molecule has 0 atom stereocenters. The van der Waals surface area contributed by atoms with Gasteiger partial charge in [0.2, 0.25) is 0 Å². The second-order valence-electron chi connectivity index (χ2n) is 3.79. The summed E-state index contributed by atoms with van der Waals surface area (Å²) in [4.78, 5) is 14.6. The summed E-state index contributed by atoms with van der Waals surface area (Å²) in [6.45, 7) is 0. The van der Waals surface area contributed by atoms with Gasteiger partial charge >= 0.3 is 0 Å². The normalized spacial score (nSPS) is 10.1. The van der Waals surface area contributed by atoms with Gasteiger partial charge in [-0.3, -0.25) is 4.79 Å².